The van der Waals surface area contributed by atoms with Crippen LogP contribution in [0.15, 0.2) is 18.2 Å². The van der Waals surface area contributed by atoms with Crippen LogP contribution in [-0.2, 0) is 11.2 Å². The third-order valence-corrected chi connectivity index (χ3v) is 4.23. The first kappa shape index (κ1) is 16.0. The lowest BCUT2D eigenvalue weighted by atomic mass is 10.2. The van der Waals surface area contributed by atoms with Gasteiger partial charge in [0.1, 0.15) is 11.0 Å². The van der Waals surface area contributed by atoms with Gasteiger partial charge >= 0.3 is 0 Å². The molecule has 21 heavy (non-hydrogen) atoms. The van der Waals surface area contributed by atoms with Gasteiger partial charge in [-0.1, -0.05) is 41.5 Å². The number of anilines is 2. The van der Waals surface area contributed by atoms with Crippen LogP contribution < -0.4 is 10.6 Å². The molecule has 0 saturated carbocycles. The molecule has 0 saturated heterocycles. The first-order chi connectivity index (χ1) is 9.99. The van der Waals surface area contributed by atoms with Gasteiger partial charge in [0, 0.05) is 5.02 Å². The van der Waals surface area contributed by atoms with Crippen LogP contribution in [0.1, 0.15) is 18.9 Å². The number of aryl methyl sites for hydroxylation is 1. The maximum absolute atomic E-state index is 12.1. The smallest absolute Gasteiger partial charge is 0.248 e. The Balaban J connectivity index is 1.98. The van der Waals surface area contributed by atoms with E-state index in [1.165, 1.54) is 11.3 Å². The van der Waals surface area contributed by atoms with Crippen molar-refractivity contribution in [2.24, 2.45) is 0 Å². The summed E-state index contributed by atoms with van der Waals surface area (Å²) in [6.45, 7) is 3.72. The Labute approximate surface area is 136 Å². The van der Waals surface area contributed by atoms with Crippen LogP contribution in [0.25, 0.3) is 0 Å². The lowest BCUT2D eigenvalue weighted by Gasteiger charge is -2.15. The molecule has 0 bridgehead atoms. The van der Waals surface area contributed by atoms with Crippen LogP contribution >= 0.6 is 34.5 Å². The number of nitrogens with one attached hydrogen (secondary N) is 2. The fourth-order valence-corrected chi connectivity index (χ4v) is 2.71. The van der Waals surface area contributed by atoms with Gasteiger partial charge in [-0.25, -0.2) is 0 Å². The summed E-state index contributed by atoms with van der Waals surface area (Å²) in [5, 5.41) is 16.0. The number of carbonyl (C=O) groups excluding carboxylic acids is 1. The normalized spacial score (nSPS) is 12.0. The lowest BCUT2D eigenvalue weighted by Crippen LogP contribution is -2.31. The van der Waals surface area contributed by atoms with Gasteiger partial charge in [-0.2, -0.15) is 0 Å². The summed E-state index contributed by atoms with van der Waals surface area (Å²) in [6.07, 6.45) is 0.793. The van der Waals surface area contributed by atoms with Crippen molar-refractivity contribution in [3.63, 3.8) is 0 Å². The zero-order valence-electron chi connectivity index (χ0n) is 11.5. The Morgan fingerprint density at radius 1 is 1.38 bits per heavy atom. The minimum absolute atomic E-state index is 0.209. The molecule has 8 heteroatoms. The Morgan fingerprint density at radius 2 is 2.14 bits per heavy atom. The van der Waals surface area contributed by atoms with E-state index in [2.05, 4.69) is 20.8 Å². The highest BCUT2D eigenvalue weighted by molar-refractivity contribution is 7.15. The van der Waals surface area contributed by atoms with Gasteiger partial charge < -0.3 is 5.32 Å². The zero-order valence-corrected chi connectivity index (χ0v) is 13.8. The Hall–Kier alpha value is -1.37. The molecule has 112 valence electrons. The molecule has 1 aromatic heterocycles. The number of carbonyl (C=O) groups is 1. The van der Waals surface area contributed by atoms with Crippen LogP contribution in [-0.4, -0.2) is 22.1 Å². The van der Waals surface area contributed by atoms with E-state index in [1.807, 2.05) is 6.92 Å². The highest BCUT2D eigenvalue weighted by atomic mass is 35.5. The molecule has 0 fully saturated rings. The monoisotopic (exact) mass is 344 g/mol. The van der Waals surface area contributed by atoms with Crippen molar-refractivity contribution in [1.82, 2.24) is 10.2 Å². The SMILES string of the molecule is CCc1nnc(NC(=O)[C@H](C)Nc2ccc(Cl)cc2Cl)s1. The quantitative estimate of drug-likeness (QED) is 0.864. The second-order valence-electron chi connectivity index (χ2n) is 4.33. The lowest BCUT2D eigenvalue weighted by molar-refractivity contribution is -0.116. The number of rotatable bonds is 5. The van der Waals surface area contributed by atoms with Crippen molar-refractivity contribution in [2.45, 2.75) is 26.3 Å². The van der Waals surface area contributed by atoms with Crippen molar-refractivity contribution in [3.05, 3.63) is 33.3 Å². The van der Waals surface area contributed by atoms with Gasteiger partial charge in [0.2, 0.25) is 11.0 Å². The van der Waals surface area contributed by atoms with Gasteiger partial charge in [0.05, 0.1) is 10.7 Å². The van der Waals surface area contributed by atoms with E-state index in [0.29, 0.717) is 20.9 Å². The van der Waals surface area contributed by atoms with Gasteiger partial charge in [-0.05, 0) is 31.5 Å². The predicted octanol–water partition coefficient (Wildman–Crippen LogP) is 3.85. The van der Waals surface area contributed by atoms with Gasteiger partial charge in [-0.3, -0.25) is 10.1 Å². The minimum atomic E-state index is -0.474. The zero-order chi connectivity index (χ0) is 15.4. The van der Waals surface area contributed by atoms with E-state index in [9.17, 15) is 4.79 Å². The molecule has 1 aromatic carbocycles. The largest absolute Gasteiger partial charge is 0.373 e. The molecule has 0 spiro atoms. The Morgan fingerprint density at radius 3 is 2.76 bits per heavy atom. The van der Waals surface area contributed by atoms with E-state index < -0.39 is 6.04 Å². The predicted molar refractivity (Wildman–Crippen MR) is 87.5 cm³/mol. The molecule has 1 atom stereocenters. The van der Waals surface area contributed by atoms with E-state index in [0.717, 1.165) is 11.4 Å². The second-order valence-corrected chi connectivity index (χ2v) is 6.24. The molecule has 0 radical (unpaired) electrons. The van der Waals surface area contributed by atoms with Crippen LogP contribution in [0.5, 0.6) is 0 Å². The molecule has 5 nitrogen and oxygen atoms in total. The maximum Gasteiger partial charge on any atom is 0.248 e. The fraction of sp³-hybridized carbons (Fsp3) is 0.308. The molecule has 0 unspecified atom stereocenters. The Bertz CT molecular complexity index is 647. The molecule has 2 N–H and O–H groups in total. The fourth-order valence-electron chi connectivity index (χ4n) is 1.57. The third kappa shape index (κ3) is 4.30. The first-order valence-electron chi connectivity index (χ1n) is 6.34. The number of hydrogen-bond donors (Lipinski definition) is 2. The number of aromatic nitrogens is 2. The molecule has 1 heterocycles. The van der Waals surface area contributed by atoms with Gasteiger partial charge in [0.15, 0.2) is 0 Å². The maximum atomic E-state index is 12.1. The molecule has 2 aromatic rings. The van der Waals surface area contributed by atoms with E-state index in [1.54, 1.807) is 25.1 Å². The van der Waals surface area contributed by atoms with E-state index in [-0.39, 0.29) is 5.91 Å². The standard InChI is InChI=1S/C13H14Cl2N4OS/c1-3-11-18-19-13(21-11)17-12(20)7(2)16-10-5-4-8(14)6-9(10)15/h4-7,16H,3H2,1-2H3,(H,17,19,20)/t7-/m0/s1. The summed E-state index contributed by atoms with van der Waals surface area (Å²) in [6, 6.07) is 4.58. The van der Waals surface area contributed by atoms with Crippen LogP contribution in [0.4, 0.5) is 10.8 Å². The van der Waals surface area contributed by atoms with E-state index in [4.69, 9.17) is 23.2 Å². The highest BCUT2D eigenvalue weighted by Crippen LogP contribution is 2.26. The summed E-state index contributed by atoms with van der Waals surface area (Å²) in [4.78, 5) is 12.1. The summed E-state index contributed by atoms with van der Waals surface area (Å²) in [5.41, 5.74) is 0.648. The van der Waals surface area contributed by atoms with Crippen molar-refractivity contribution >= 4 is 51.3 Å². The third-order valence-electron chi connectivity index (χ3n) is 2.70. The van der Waals surface area contributed by atoms with Crippen LogP contribution in [0.3, 0.4) is 0 Å². The number of nitrogens with zero attached hydrogens (tertiary/aromatic N) is 2. The van der Waals surface area contributed by atoms with Crippen molar-refractivity contribution < 1.29 is 4.79 Å². The molecule has 0 aliphatic rings. The summed E-state index contributed by atoms with van der Waals surface area (Å²) < 4.78 is 0. The molecular formula is C13H14Cl2N4OS. The van der Waals surface area contributed by atoms with Crippen molar-refractivity contribution in [3.8, 4) is 0 Å². The topological polar surface area (TPSA) is 66.9 Å². The average molecular weight is 345 g/mol. The van der Waals surface area contributed by atoms with Crippen molar-refractivity contribution in [1.29, 1.82) is 0 Å². The molecule has 2 rings (SSSR count). The van der Waals surface area contributed by atoms with Crippen molar-refractivity contribution in [2.75, 3.05) is 10.6 Å². The minimum Gasteiger partial charge on any atom is -0.373 e. The van der Waals surface area contributed by atoms with Crippen LogP contribution in [0, 0.1) is 0 Å². The molecule has 0 aliphatic heterocycles. The number of amides is 1. The summed E-state index contributed by atoms with van der Waals surface area (Å²) in [5.74, 6) is -0.209. The van der Waals surface area contributed by atoms with E-state index >= 15 is 0 Å². The molecular weight excluding hydrogens is 331 g/mol. The van der Waals surface area contributed by atoms with Gasteiger partial charge in [-0.15, -0.1) is 10.2 Å². The second kappa shape index (κ2) is 7.06. The molecule has 0 aliphatic carbocycles. The van der Waals surface area contributed by atoms with Gasteiger partial charge in [0.25, 0.3) is 0 Å². The number of hydrogen-bond acceptors (Lipinski definition) is 5. The van der Waals surface area contributed by atoms with Crippen LogP contribution in [0.2, 0.25) is 10.0 Å². The Kier molecular flexibility index (Phi) is 5.39. The number of halogens is 2. The summed E-state index contributed by atoms with van der Waals surface area (Å²) in [7, 11) is 0. The first-order valence-corrected chi connectivity index (χ1v) is 7.91. The number of benzene rings is 1. The average Bonchev–Trinajstić information content (AvgIpc) is 2.89. The summed E-state index contributed by atoms with van der Waals surface area (Å²) >= 11 is 13.3. The highest BCUT2D eigenvalue weighted by Gasteiger charge is 2.16. The molecule has 1 amide bonds.